The lowest BCUT2D eigenvalue weighted by Crippen LogP contribution is -2.24. The van der Waals surface area contributed by atoms with Gasteiger partial charge in [-0.15, -0.1) is 0 Å². The van der Waals surface area contributed by atoms with Gasteiger partial charge in [-0.05, 0) is 18.6 Å². The SMILES string of the molecule is CC(C(=O)Nc1cnn(Cc2ccccc2)c1)n1ccc(C(=O)O)n1. The van der Waals surface area contributed by atoms with Crippen LogP contribution in [0, 0.1) is 0 Å². The van der Waals surface area contributed by atoms with Crippen molar-refractivity contribution in [3.63, 3.8) is 0 Å². The molecule has 2 heterocycles. The Labute approximate surface area is 143 Å². The topological polar surface area (TPSA) is 102 Å². The van der Waals surface area contributed by atoms with Crippen molar-refractivity contribution in [2.75, 3.05) is 5.32 Å². The summed E-state index contributed by atoms with van der Waals surface area (Å²) in [4.78, 5) is 23.2. The van der Waals surface area contributed by atoms with Gasteiger partial charge in [-0.1, -0.05) is 30.3 Å². The van der Waals surface area contributed by atoms with E-state index in [4.69, 9.17) is 5.11 Å². The number of rotatable bonds is 6. The van der Waals surface area contributed by atoms with Crippen LogP contribution in [0.4, 0.5) is 5.69 Å². The highest BCUT2D eigenvalue weighted by molar-refractivity contribution is 5.93. The molecule has 3 aromatic rings. The molecule has 8 heteroatoms. The molecule has 8 nitrogen and oxygen atoms in total. The first-order valence-corrected chi connectivity index (χ1v) is 7.68. The van der Waals surface area contributed by atoms with Gasteiger partial charge in [-0.3, -0.25) is 14.2 Å². The van der Waals surface area contributed by atoms with Crippen molar-refractivity contribution in [1.29, 1.82) is 0 Å². The zero-order chi connectivity index (χ0) is 17.8. The molecule has 128 valence electrons. The molecule has 0 aliphatic rings. The van der Waals surface area contributed by atoms with Crippen molar-refractivity contribution in [3.05, 3.63) is 66.2 Å². The van der Waals surface area contributed by atoms with E-state index in [1.807, 2.05) is 30.3 Å². The maximum atomic E-state index is 12.3. The smallest absolute Gasteiger partial charge is 0.356 e. The van der Waals surface area contributed by atoms with Gasteiger partial charge < -0.3 is 10.4 Å². The fraction of sp³-hybridized carbons (Fsp3) is 0.176. The number of nitrogens with zero attached hydrogens (tertiary/aromatic N) is 4. The van der Waals surface area contributed by atoms with Crippen molar-refractivity contribution >= 4 is 17.6 Å². The maximum Gasteiger partial charge on any atom is 0.356 e. The molecule has 0 radical (unpaired) electrons. The number of anilines is 1. The van der Waals surface area contributed by atoms with Crippen LogP contribution >= 0.6 is 0 Å². The van der Waals surface area contributed by atoms with Crippen LogP contribution in [0.25, 0.3) is 0 Å². The molecule has 0 aliphatic carbocycles. The average molecular weight is 339 g/mol. The van der Waals surface area contributed by atoms with E-state index in [1.54, 1.807) is 24.0 Å². The minimum Gasteiger partial charge on any atom is -0.476 e. The quantitative estimate of drug-likeness (QED) is 0.715. The molecule has 25 heavy (non-hydrogen) atoms. The second-order valence-electron chi connectivity index (χ2n) is 5.56. The minimum atomic E-state index is -1.13. The molecular weight excluding hydrogens is 322 g/mol. The van der Waals surface area contributed by atoms with Crippen molar-refractivity contribution in [1.82, 2.24) is 19.6 Å². The normalized spacial score (nSPS) is 11.9. The van der Waals surface area contributed by atoms with E-state index in [9.17, 15) is 9.59 Å². The number of carbonyl (C=O) groups excluding carboxylic acids is 1. The standard InChI is InChI=1S/C17H17N5O3/c1-12(22-8-7-15(20-22)17(24)25)16(23)19-14-9-18-21(11-14)10-13-5-3-2-4-6-13/h2-9,11-12H,10H2,1H3,(H,19,23)(H,24,25). The van der Waals surface area contributed by atoms with Gasteiger partial charge in [-0.25, -0.2) is 4.79 Å². The fourth-order valence-corrected chi connectivity index (χ4v) is 2.32. The predicted octanol–water partition coefficient (Wildman–Crippen LogP) is 2.03. The van der Waals surface area contributed by atoms with Gasteiger partial charge in [-0.2, -0.15) is 10.2 Å². The molecule has 0 spiro atoms. The Balaban J connectivity index is 1.63. The van der Waals surface area contributed by atoms with Gasteiger partial charge in [0.05, 0.1) is 18.4 Å². The van der Waals surface area contributed by atoms with Gasteiger partial charge in [0.15, 0.2) is 5.69 Å². The van der Waals surface area contributed by atoms with Gasteiger partial charge >= 0.3 is 5.97 Å². The van der Waals surface area contributed by atoms with Crippen molar-refractivity contribution in [2.24, 2.45) is 0 Å². The van der Waals surface area contributed by atoms with Gasteiger partial charge in [0.1, 0.15) is 6.04 Å². The monoisotopic (exact) mass is 339 g/mol. The highest BCUT2D eigenvalue weighted by Gasteiger charge is 2.18. The fourth-order valence-electron chi connectivity index (χ4n) is 2.32. The van der Waals surface area contributed by atoms with Crippen LogP contribution in [0.15, 0.2) is 55.0 Å². The number of hydrogen-bond acceptors (Lipinski definition) is 4. The third-order valence-corrected chi connectivity index (χ3v) is 3.69. The van der Waals surface area contributed by atoms with E-state index in [2.05, 4.69) is 15.5 Å². The summed E-state index contributed by atoms with van der Waals surface area (Å²) in [6, 6.07) is 10.6. The zero-order valence-corrected chi connectivity index (χ0v) is 13.5. The largest absolute Gasteiger partial charge is 0.476 e. The van der Waals surface area contributed by atoms with Crippen LogP contribution in [0.2, 0.25) is 0 Å². The summed E-state index contributed by atoms with van der Waals surface area (Å²) in [5, 5.41) is 19.7. The number of carbonyl (C=O) groups is 2. The minimum absolute atomic E-state index is 0.102. The maximum absolute atomic E-state index is 12.3. The Morgan fingerprint density at radius 3 is 2.68 bits per heavy atom. The molecule has 1 aromatic carbocycles. The lowest BCUT2D eigenvalue weighted by atomic mass is 10.2. The molecule has 0 saturated heterocycles. The third kappa shape index (κ3) is 3.92. The molecule has 0 saturated carbocycles. The molecule has 0 aliphatic heterocycles. The van der Waals surface area contributed by atoms with Crippen LogP contribution in [0.1, 0.15) is 29.0 Å². The highest BCUT2D eigenvalue weighted by Crippen LogP contribution is 2.12. The molecular formula is C17H17N5O3. The molecule has 2 N–H and O–H groups in total. The van der Waals surface area contributed by atoms with E-state index in [1.165, 1.54) is 16.9 Å². The summed E-state index contributed by atoms with van der Waals surface area (Å²) in [5.74, 6) is -1.44. The van der Waals surface area contributed by atoms with Gasteiger partial charge in [0.2, 0.25) is 5.91 Å². The molecule has 1 unspecified atom stereocenters. The molecule has 0 bridgehead atoms. The van der Waals surface area contributed by atoms with E-state index < -0.39 is 12.0 Å². The molecule has 1 atom stereocenters. The number of hydrogen-bond donors (Lipinski definition) is 2. The lowest BCUT2D eigenvalue weighted by Gasteiger charge is -2.11. The molecule has 3 rings (SSSR count). The summed E-state index contributed by atoms with van der Waals surface area (Å²) in [7, 11) is 0. The number of carboxylic acids is 1. The first-order valence-electron chi connectivity index (χ1n) is 7.68. The molecule has 0 fully saturated rings. The van der Waals surface area contributed by atoms with Crippen LogP contribution in [0.3, 0.4) is 0 Å². The number of aromatic carboxylic acids is 1. The van der Waals surface area contributed by atoms with E-state index in [0.717, 1.165) is 5.56 Å². The number of aromatic nitrogens is 4. The van der Waals surface area contributed by atoms with Crippen LogP contribution < -0.4 is 5.32 Å². The summed E-state index contributed by atoms with van der Waals surface area (Å²) >= 11 is 0. The van der Waals surface area contributed by atoms with Crippen LogP contribution in [-0.4, -0.2) is 36.5 Å². The predicted molar refractivity (Wildman–Crippen MR) is 90.3 cm³/mol. The Kier molecular flexibility index (Phi) is 4.60. The van der Waals surface area contributed by atoms with Gasteiger partial charge in [0, 0.05) is 12.4 Å². The summed E-state index contributed by atoms with van der Waals surface area (Å²) in [6.07, 6.45) is 4.77. The summed E-state index contributed by atoms with van der Waals surface area (Å²) < 4.78 is 3.04. The molecule has 1 amide bonds. The summed E-state index contributed by atoms with van der Waals surface area (Å²) in [6.45, 7) is 2.25. The van der Waals surface area contributed by atoms with Gasteiger partial charge in [0.25, 0.3) is 0 Å². The number of benzene rings is 1. The van der Waals surface area contributed by atoms with E-state index in [0.29, 0.717) is 12.2 Å². The van der Waals surface area contributed by atoms with Crippen LogP contribution in [-0.2, 0) is 11.3 Å². The van der Waals surface area contributed by atoms with Crippen LogP contribution in [0.5, 0.6) is 0 Å². The number of carboxylic acid groups (broad SMARTS) is 1. The second-order valence-corrected chi connectivity index (χ2v) is 5.56. The number of nitrogens with one attached hydrogen (secondary N) is 1. The number of amides is 1. The highest BCUT2D eigenvalue weighted by atomic mass is 16.4. The second kappa shape index (κ2) is 7.00. The van der Waals surface area contributed by atoms with E-state index >= 15 is 0 Å². The zero-order valence-electron chi connectivity index (χ0n) is 13.5. The van der Waals surface area contributed by atoms with Crippen molar-refractivity contribution in [2.45, 2.75) is 19.5 Å². The van der Waals surface area contributed by atoms with Crippen molar-refractivity contribution < 1.29 is 14.7 Å². The molecule has 2 aromatic heterocycles. The van der Waals surface area contributed by atoms with Crippen molar-refractivity contribution in [3.8, 4) is 0 Å². The first kappa shape index (κ1) is 16.4. The Morgan fingerprint density at radius 2 is 2.00 bits per heavy atom. The van der Waals surface area contributed by atoms with E-state index in [-0.39, 0.29) is 11.6 Å². The Bertz CT molecular complexity index is 885. The Morgan fingerprint density at radius 1 is 1.24 bits per heavy atom. The average Bonchev–Trinajstić information content (AvgIpc) is 3.25. The first-order chi connectivity index (χ1) is 12.0. The summed E-state index contributed by atoms with van der Waals surface area (Å²) in [5.41, 5.74) is 1.57. The third-order valence-electron chi connectivity index (χ3n) is 3.69. The Hall–Kier alpha value is -3.42. The lowest BCUT2D eigenvalue weighted by molar-refractivity contribution is -0.119.